The molecule has 0 bridgehead atoms. The number of aryl methyl sites for hydroxylation is 1. The number of methoxy groups -OCH3 is 1. The third kappa shape index (κ3) is 10.8. The minimum absolute atomic E-state index is 0.0274. The molecule has 1 amide bonds. The van der Waals surface area contributed by atoms with Gasteiger partial charge in [-0.3, -0.25) is 24.1 Å². The topological polar surface area (TPSA) is 204 Å². The van der Waals surface area contributed by atoms with E-state index in [4.69, 9.17) is 29.4 Å². The van der Waals surface area contributed by atoms with Crippen molar-refractivity contribution in [1.82, 2.24) is 29.7 Å². The van der Waals surface area contributed by atoms with Gasteiger partial charge in [-0.05, 0) is 98.9 Å². The zero-order valence-corrected chi connectivity index (χ0v) is 38.7. The molecule has 0 spiro atoms. The number of esters is 1. The summed E-state index contributed by atoms with van der Waals surface area (Å²) in [7, 11) is 5.42. The van der Waals surface area contributed by atoms with E-state index < -0.39 is 71.5 Å². The molecule has 17 heteroatoms. The summed E-state index contributed by atoms with van der Waals surface area (Å²) in [6.45, 7) is 16.7. The number of nitrogens with zero attached hydrogens (tertiary/aromatic N) is 6. The molecular weight excluding hydrogens is 799 g/mol. The Morgan fingerprint density at radius 1 is 1.08 bits per heavy atom. The first-order valence-corrected chi connectivity index (χ1v) is 22.3. The number of fused-ring (bicyclic) bond motifs is 1. The largest absolute Gasteiger partial charge is 0.458 e. The van der Waals surface area contributed by atoms with Crippen LogP contribution in [-0.2, 0) is 39.8 Å². The van der Waals surface area contributed by atoms with Crippen LogP contribution >= 0.6 is 0 Å². The molecule has 0 radical (unpaired) electrons. The van der Waals surface area contributed by atoms with Crippen molar-refractivity contribution < 1.29 is 48.3 Å². The first kappa shape index (κ1) is 49.3. The monoisotopic (exact) mass is 872 g/mol. The second-order valence-corrected chi connectivity index (χ2v) is 18.5. The summed E-state index contributed by atoms with van der Waals surface area (Å²) in [5, 5.41) is 29.9. The van der Waals surface area contributed by atoms with Gasteiger partial charge in [0.25, 0.3) is 0 Å². The number of nitrogens with two attached hydrogens (primary N) is 1. The van der Waals surface area contributed by atoms with Gasteiger partial charge in [0.15, 0.2) is 17.7 Å². The number of carbonyl (C=O) groups excluding carboxylic acids is 3. The molecule has 3 aliphatic rings. The molecule has 13 atom stereocenters. The Hall–Kier alpha value is -3.71. The van der Waals surface area contributed by atoms with Gasteiger partial charge < -0.3 is 44.5 Å². The maximum absolute atomic E-state index is 14.5. The highest BCUT2D eigenvalue weighted by atomic mass is 16.7. The number of ether oxygens (including phenoxy) is 5. The van der Waals surface area contributed by atoms with Gasteiger partial charge in [-0.2, -0.15) is 0 Å². The minimum Gasteiger partial charge on any atom is -0.458 e. The van der Waals surface area contributed by atoms with Gasteiger partial charge >= 0.3 is 12.1 Å². The van der Waals surface area contributed by atoms with Crippen molar-refractivity contribution in [2.75, 3.05) is 53.2 Å². The number of ketones is 1. The van der Waals surface area contributed by atoms with Crippen LogP contribution in [0.1, 0.15) is 87.5 Å². The van der Waals surface area contributed by atoms with E-state index in [0.29, 0.717) is 64.0 Å². The van der Waals surface area contributed by atoms with Crippen LogP contribution in [0.2, 0.25) is 0 Å². The van der Waals surface area contributed by atoms with Crippen molar-refractivity contribution in [1.29, 1.82) is 0 Å². The predicted molar refractivity (Wildman–Crippen MR) is 233 cm³/mol. The third-order valence-electron chi connectivity index (χ3n) is 13.7. The van der Waals surface area contributed by atoms with Crippen LogP contribution in [0, 0.1) is 17.8 Å². The van der Waals surface area contributed by atoms with Crippen LogP contribution < -0.4 is 5.73 Å². The summed E-state index contributed by atoms with van der Waals surface area (Å²) >= 11 is 0. The first-order valence-electron chi connectivity index (χ1n) is 22.3. The van der Waals surface area contributed by atoms with Gasteiger partial charge in [0.2, 0.25) is 0 Å². The first-order chi connectivity index (χ1) is 29.3. The highest BCUT2D eigenvalue weighted by Crippen LogP contribution is 2.41. The van der Waals surface area contributed by atoms with E-state index in [1.165, 1.54) is 6.92 Å². The van der Waals surface area contributed by atoms with Crippen molar-refractivity contribution in [3.05, 3.63) is 30.5 Å². The second kappa shape index (κ2) is 20.9. The molecule has 1 aromatic carbocycles. The number of likely N-dealkylation sites (N-methyl/N-ethyl adjacent to an activating group) is 2. The van der Waals surface area contributed by atoms with Crippen LogP contribution in [0.3, 0.4) is 0 Å². The lowest BCUT2D eigenvalue weighted by Gasteiger charge is -2.47. The van der Waals surface area contributed by atoms with Crippen LogP contribution in [0.4, 0.5) is 10.5 Å². The summed E-state index contributed by atoms with van der Waals surface area (Å²) in [6, 6.07) is 6.34. The van der Waals surface area contributed by atoms with E-state index in [2.05, 4.69) is 29.1 Å². The molecule has 5 rings (SSSR count). The Kier molecular flexibility index (Phi) is 16.6. The highest BCUT2D eigenvalue weighted by molar-refractivity contribution is 6.00. The Labute approximate surface area is 367 Å². The second-order valence-electron chi connectivity index (χ2n) is 18.5. The van der Waals surface area contributed by atoms with E-state index in [0.717, 1.165) is 11.3 Å². The number of amides is 1. The Bertz CT molecular complexity index is 1820. The van der Waals surface area contributed by atoms with Crippen molar-refractivity contribution in [2.24, 2.45) is 17.8 Å². The molecule has 2 aromatic rings. The standard InChI is InChI=1S/C45H73N7O10/c1-12-36-45(8)39(52(43(57)62-45)19-14-13-18-51-26-34(47-48-51)32-16-15-17-33(46)23-32)31(6)50(10)25-27(2)24-44(7,58-11)40(29(4)37(54)30(5)41(56)60-36)61-42-38(55)35(22-28(3)59-42)49(9)20-21-53/h15-17,23,26-31,35-36,38-40,42,53,55H,12-14,18-22,24-25,46H2,1-11H3/t27-,28-,29+,30-,31-,35?,36-,38?,39-,40-,42+,44-,45-/m1/s1. The molecule has 3 saturated heterocycles. The minimum atomic E-state index is -1.25. The Balaban J connectivity index is 1.40. The molecule has 0 aliphatic carbocycles. The van der Waals surface area contributed by atoms with Gasteiger partial charge in [0.05, 0.1) is 36.7 Å². The SMILES string of the molecule is CC[C@H]1OC(=O)[C@H](C)C(=O)[C@H](C)[C@@H](O[C@@H]2O[C@H](C)CC(N(C)CCO)C2O)[C@](C)(OC)C[C@@H](C)CN(C)[C@H](C)[C@H]2N(CCCCn3cc(-c4cccc(N)c4)nn3)C(=O)O[C@]12C. The number of aromatic nitrogens is 3. The molecule has 17 nitrogen and oxygen atoms in total. The predicted octanol–water partition coefficient (Wildman–Crippen LogP) is 3.99. The van der Waals surface area contributed by atoms with Crippen molar-refractivity contribution >= 4 is 23.5 Å². The summed E-state index contributed by atoms with van der Waals surface area (Å²) in [5.41, 5.74) is 5.89. The number of aliphatic hydroxyl groups is 2. The molecule has 348 valence electrons. The summed E-state index contributed by atoms with van der Waals surface area (Å²) in [4.78, 5) is 48.4. The van der Waals surface area contributed by atoms with E-state index in [9.17, 15) is 24.6 Å². The Morgan fingerprint density at radius 3 is 2.45 bits per heavy atom. The molecule has 4 heterocycles. The van der Waals surface area contributed by atoms with E-state index in [1.54, 1.807) is 23.6 Å². The van der Waals surface area contributed by atoms with Crippen LogP contribution in [-0.4, -0.2) is 165 Å². The fraction of sp³-hybridized carbons (Fsp3) is 0.756. The van der Waals surface area contributed by atoms with Gasteiger partial charge in [-0.15, -0.1) is 5.10 Å². The summed E-state index contributed by atoms with van der Waals surface area (Å²) in [6.07, 6.45) is -0.278. The molecule has 0 saturated carbocycles. The number of anilines is 1. The van der Waals surface area contributed by atoms with Gasteiger partial charge in [0, 0.05) is 62.5 Å². The van der Waals surface area contributed by atoms with Gasteiger partial charge in [-0.25, -0.2) is 4.79 Å². The van der Waals surface area contributed by atoms with Crippen molar-refractivity contribution in [3.8, 4) is 11.3 Å². The number of cyclic esters (lactones) is 1. The number of hydrogen-bond donors (Lipinski definition) is 3. The van der Waals surface area contributed by atoms with E-state index in [-0.39, 0.29) is 30.7 Å². The quantitative estimate of drug-likeness (QED) is 0.113. The third-order valence-corrected chi connectivity index (χ3v) is 13.7. The highest BCUT2D eigenvalue weighted by Gasteiger charge is 2.59. The molecular formula is C45H73N7O10. The zero-order valence-electron chi connectivity index (χ0n) is 38.7. The average molecular weight is 872 g/mol. The fourth-order valence-corrected chi connectivity index (χ4v) is 10.1. The van der Waals surface area contributed by atoms with Crippen molar-refractivity contribution in [2.45, 2.75) is 154 Å². The maximum atomic E-state index is 14.5. The number of unbranched alkanes of at least 4 members (excludes halogenated alkanes) is 1. The number of benzene rings is 1. The number of rotatable bonds is 13. The summed E-state index contributed by atoms with van der Waals surface area (Å²) < 4.78 is 33.5. The number of hydrogen-bond acceptors (Lipinski definition) is 15. The fourth-order valence-electron chi connectivity index (χ4n) is 10.1. The van der Waals surface area contributed by atoms with Crippen LogP contribution in [0.25, 0.3) is 11.3 Å². The smallest absolute Gasteiger partial charge is 0.410 e. The normalized spacial score (nSPS) is 35.6. The molecule has 1 aromatic heterocycles. The van der Waals surface area contributed by atoms with Gasteiger partial charge in [-0.1, -0.05) is 38.1 Å². The molecule has 3 aliphatic heterocycles. The number of Topliss-reactive ketones (excluding diaryl/α,β-unsaturated/α-hetero) is 1. The van der Waals surface area contributed by atoms with Crippen LogP contribution in [0.15, 0.2) is 30.5 Å². The van der Waals surface area contributed by atoms with Gasteiger partial charge in [0.1, 0.15) is 23.8 Å². The zero-order chi connectivity index (χ0) is 45.7. The van der Waals surface area contributed by atoms with Crippen molar-refractivity contribution in [3.63, 3.8) is 0 Å². The number of nitrogen functional groups attached to an aromatic ring is 1. The molecule has 62 heavy (non-hydrogen) atoms. The Morgan fingerprint density at radius 2 is 1.79 bits per heavy atom. The lowest BCUT2D eigenvalue weighted by atomic mass is 9.78. The molecule has 3 fully saturated rings. The molecule has 2 unspecified atom stereocenters. The average Bonchev–Trinajstić information content (AvgIpc) is 3.81. The van der Waals surface area contributed by atoms with Crippen LogP contribution in [0.5, 0.6) is 0 Å². The number of aliphatic hydroxyl groups excluding tert-OH is 2. The molecule has 4 N–H and O–H groups in total. The lowest BCUT2D eigenvalue weighted by Crippen LogP contribution is -2.61. The van der Waals surface area contributed by atoms with E-state index >= 15 is 0 Å². The lowest BCUT2D eigenvalue weighted by molar-refractivity contribution is -0.296. The number of carbonyl (C=O) groups is 3. The van der Waals surface area contributed by atoms with E-state index in [1.807, 2.05) is 77.2 Å². The summed E-state index contributed by atoms with van der Waals surface area (Å²) in [5.74, 6) is -3.29. The maximum Gasteiger partial charge on any atom is 0.410 e.